The second-order valence-electron chi connectivity index (χ2n) is 5.59. The van der Waals surface area contributed by atoms with Gasteiger partial charge in [-0.1, -0.05) is 0 Å². The number of carbonyl (C=O) groups excluding carboxylic acids is 3. The van der Waals surface area contributed by atoms with Gasteiger partial charge in [-0.3, -0.25) is 9.59 Å². The summed E-state index contributed by atoms with van der Waals surface area (Å²) in [5, 5.41) is 5.78. The van der Waals surface area contributed by atoms with Crippen LogP contribution in [-0.4, -0.2) is 61.0 Å². The van der Waals surface area contributed by atoms with Gasteiger partial charge in [-0.2, -0.15) is 0 Å². The van der Waals surface area contributed by atoms with Gasteiger partial charge in [0, 0.05) is 6.54 Å². The van der Waals surface area contributed by atoms with Crippen LogP contribution in [0.4, 0.5) is 0 Å². The maximum atomic E-state index is 12.4. The second kappa shape index (κ2) is 6.89. The zero-order valence-corrected chi connectivity index (χ0v) is 12.6. The molecule has 2 aliphatic heterocycles. The van der Waals surface area contributed by atoms with Crippen LogP contribution in [0.5, 0.6) is 0 Å². The first-order valence-corrected chi connectivity index (χ1v) is 7.46. The van der Waals surface area contributed by atoms with Crippen LogP contribution in [-0.2, 0) is 19.1 Å². The predicted octanol–water partition coefficient (Wildman–Crippen LogP) is -0.593. The number of likely N-dealkylation sites (tertiary alicyclic amines) is 1. The molecule has 0 aromatic carbocycles. The van der Waals surface area contributed by atoms with Gasteiger partial charge in [-0.05, 0) is 39.2 Å². The molecule has 2 aliphatic rings. The molecule has 0 spiro atoms. The molecule has 3 atom stereocenters. The maximum Gasteiger partial charge on any atom is 0.328 e. The molecule has 7 heteroatoms. The molecule has 2 N–H and O–H groups in total. The van der Waals surface area contributed by atoms with Crippen LogP contribution in [0.3, 0.4) is 0 Å². The van der Waals surface area contributed by atoms with Crippen LogP contribution in [0.2, 0.25) is 0 Å². The number of hydrogen-bond donors (Lipinski definition) is 2. The summed E-state index contributed by atoms with van der Waals surface area (Å²) in [6.07, 6.45) is 3.25. The summed E-state index contributed by atoms with van der Waals surface area (Å²) < 4.78 is 4.59. The molecule has 7 nitrogen and oxygen atoms in total. The summed E-state index contributed by atoms with van der Waals surface area (Å²) in [7, 11) is 1.28. The fourth-order valence-corrected chi connectivity index (χ4v) is 2.94. The molecule has 0 aliphatic carbocycles. The van der Waals surface area contributed by atoms with Crippen molar-refractivity contribution in [2.24, 2.45) is 0 Å². The quantitative estimate of drug-likeness (QED) is 0.677. The third-order valence-corrected chi connectivity index (χ3v) is 4.11. The lowest BCUT2D eigenvalue weighted by atomic mass is 10.1. The van der Waals surface area contributed by atoms with E-state index >= 15 is 0 Å². The Balaban J connectivity index is 1.95. The molecule has 21 heavy (non-hydrogen) atoms. The number of carbonyl (C=O) groups is 3. The highest BCUT2D eigenvalue weighted by atomic mass is 16.5. The smallest absolute Gasteiger partial charge is 0.328 e. The maximum absolute atomic E-state index is 12.4. The number of rotatable bonds is 4. The van der Waals surface area contributed by atoms with Crippen molar-refractivity contribution in [2.75, 3.05) is 20.2 Å². The molecular formula is C14H23N3O4. The van der Waals surface area contributed by atoms with Crippen molar-refractivity contribution in [2.45, 2.75) is 50.7 Å². The van der Waals surface area contributed by atoms with E-state index in [1.165, 1.54) is 7.11 Å². The summed E-state index contributed by atoms with van der Waals surface area (Å²) in [6, 6.07) is -1.35. The lowest BCUT2D eigenvalue weighted by molar-refractivity contribution is -0.146. The Labute approximate surface area is 124 Å². The molecule has 2 fully saturated rings. The first-order chi connectivity index (χ1) is 10.0. The zero-order valence-electron chi connectivity index (χ0n) is 12.6. The van der Waals surface area contributed by atoms with Gasteiger partial charge in [-0.25, -0.2) is 4.79 Å². The summed E-state index contributed by atoms with van der Waals surface area (Å²) in [4.78, 5) is 37.7. The van der Waals surface area contributed by atoms with Gasteiger partial charge in [0.05, 0.1) is 13.2 Å². The number of hydrogen-bond acceptors (Lipinski definition) is 5. The summed E-state index contributed by atoms with van der Waals surface area (Å²) >= 11 is 0. The summed E-state index contributed by atoms with van der Waals surface area (Å²) in [5.41, 5.74) is 0. The lowest BCUT2D eigenvalue weighted by Crippen LogP contribution is -2.53. The first kappa shape index (κ1) is 15.8. The van der Waals surface area contributed by atoms with Crippen LogP contribution in [0.1, 0.15) is 32.6 Å². The average Bonchev–Trinajstić information content (AvgIpc) is 3.16. The van der Waals surface area contributed by atoms with Crippen molar-refractivity contribution in [3.63, 3.8) is 0 Å². The van der Waals surface area contributed by atoms with Gasteiger partial charge in [-0.15, -0.1) is 0 Å². The van der Waals surface area contributed by atoms with E-state index < -0.39 is 18.1 Å². The Morgan fingerprint density at radius 3 is 2.67 bits per heavy atom. The Morgan fingerprint density at radius 1 is 1.29 bits per heavy atom. The van der Waals surface area contributed by atoms with Crippen LogP contribution in [0.15, 0.2) is 0 Å². The van der Waals surface area contributed by atoms with Gasteiger partial charge < -0.3 is 20.3 Å². The van der Waals surface area contributed by atoms with Crippen LogP contribution < -0.4 is 10.6 Å². The third kappa shape index (κ3) is 3.53. The van der Waals surface area contributed by atoms with Gasteiger partial charge in [0.25, 0.3) is 0 Å². The molecular weight excluding hydrogens is 274 g/mol. The lowest BCUT2D eigenvalue weighted by Gasteiger charge is -2.27. The molecule has 2 heterocycles. The number of amides is 2. The van der Waals surface area contributed by atoms with Crippen LogP contribution in [0.25, 0.3) is 0 Å². The Morgan fingerprint density at radius 2 is 2.05 bits per heavy atom. The van der Waals surface area contributed by atoms with Gasteiger partial charge in [0.1, 0.15) is 12.1 Å². The van der Waals surface area contributed by atoms with E-state index in [4.69, 9.17) is 0 Å². The van der Waals surface area contributed by atoms with Crippen molar-refractivity contribution < 1.29 is 19.1 Å². The monoisotopic (exact) mass is 297 g/mol. The third-order valence-electron chi connectivity index (χ3n) is 4.11. The Kier molecular flexibility index (Phi) is 5.17. The van der Waals surface area contributed by atoms with Gasteiger partial charge in [0.15, 0.2) is 0 Å². The van der Waals surface area contributed by atoms with E-state index in [1.54, 1.807) is 11.8 Å². The van der Waals surface area contributed by atoms with E-state index in [-0.39, 0.29) is 17.9 Å². The Hall–Kier alpha value is -1.63. The van der Waals surface area contributed by atoms with Crippen LogP contribution >= 0.6 is 0 Å². The largest absolute Gasteiger partial charge is 0.467 e. The average molecular weight is 297 g/mol. The normalized spacial score (nSPS) is 26.5. The van der Waals surface area contributed by atoms with Crippen molar-refractivity contribution in [1.82, 2.24) is 15.5 Å². The molecule has 0 radical (unpaired) electrons. The number of nitrogens with zero attached hydrogens (tertiary/aromatic N) is 1. The number of methoxy groups -OCH3 is 1. The predicted molar refractivity (Wildman–Crippen MR) is 75.4 cm³/mol. The molecule has 0 saturated carbocycles. The SMILES string of the molecule is COC(=O)[C@H](C)NC(=O)[C@@H]1CCCN1C(=O)[C@@H]1CCCN1. The summed E-state index contributed by atoms with van der Waals surface area (Å²) in [6.45, 7) is 3.02. The minimum absolute atomic E-state index is 0.00382. The highest BCUT2D eigenvalue weighted by molar-refractivity contribution is 5.92. The summed E-state index contributed by atoms with van der Waals surface area (Å²) in [5.74, 6) is -0.774. The number of ether oxygens (including phenoxy) is 1. The molecule has 0 unspecified atom stereocenters. The van der Waals surface area contributed by atoms with E-state index in [2.05, 4.69) is 15.4 Å². The van der Waals surface area contributed by atoms with Crippen molar-refractivity contribution in [1.29, 1.82) is 0 Å². The highest BCUT2D eigenvalue weighted by Crippen LogP contribution is 2.20. The molecule has 0 aromatic heterocycles. The Bertz CT molecular complexity index is 420. The van der Waals surface area contributed by atoms with E-state index in [0.29, 0.717) is 13.0 Å². The van der Waals surface area contributed by atoms with Crippen molar-refractivity contribution in [3.8, 4) is 0 Å². The first-order valence-electron chi connectivity index (χ1n) is 7.46. The van der Waals surface area contributed by atoms with E-state index in [1.807, 2.05) is 0 Å². The molecule has 118 valence electrons. The van der Waals surface area contributed by atoms with E-state index in [0.717, 1.165) is 25.8 Å². The van der Waals surface area contributed by atoms with Gasteiger partial charge >= 0.3 is 5.97 Å². The van der Waals surface area contributed by atoms with Crippen molar-refractivity contribution in [3.05, 3.63) is 0 Å². The zero-order chi connectivity index (χ0) is 15.4. The fourth-order valence-electron chi connectivity index (χ4n) is 2.94. The fraction of sp³-hybridized carbons (Fsp3) is 0.786. The minimum Gasteiger partial charge on any atom is -0.467 e. The van der Waals surface area contributed by atoms with Crippen molar-refractivity contribution >= 4 is 17.8 Å². The molecule has 0 aromatic rings. The molecule has 2 saturated heterocycles. The van der Waals surface area contributed by atoms with Gasteiger partial charge in [0.2, 0.25) is 11.8 Å². The standard InChI is InChI=1S/C14H23N3O4/c1-9(14(20)21-2)16-12(18)11-6-4-8-17(11)13(19)10-5-3-7-15-10/h9-11,15H,3-8H2,1-2H3,(H,16,18)/t9-,10-,11-/m0/s1. The topological polar surface area (TPSA) is 87.7 Å². The molecule has 2 rings (SSSR count). The molecule has 2 amide bonds. The highest BCUT2D eigenvalue weighted by Gasteiger charge is 2.38. The second-order valence-corrected chi connectivity index (χ2v) is 5.59. The number of esters is 1. The van der Waals surface area contributed by atoms with E-state index in [9.17, 15) is 14.4 Å². The minimum atomic E-state index is -0.704. The van der Waals surface area contributed by atoms with Crippen LogP contribution in [0, 0.1) is 0 Å². The molecule has 0 bridgehead atoms. The number of nitrogens with one attached hydrogen (secondary N) is 2.